The molecule has 0 aliphatic rings. The van der Waals surface area contributed by atoms with Crippen molar-refractivity contribution >= 4 is 25.7 Å². The molecular formula is C14H19ClO5S. The minimum atomic E-state index is -3.39. The highest BCUT2D eigenvalue weighted by Crippen LogP contribution is 2.14. The molecule has 21 heavy (non-hydrogen) atoms. The van der Waals surface area contributed by atoms with Crippen LogP contribution >= 0.6 is 10.7 Å². The first kappa shape index (κ1) is 17.8. The van der Waals surface area contributed by atoms with Gasteiger partial charge in [0, 0.05) is 10.7 Å². The standard InChI is InChI=1S/C14H19ClO5S/c1-2-19-14(16)12-6-8-13(9-7-12)20-10-4-3-5-11-21(15,17)18/h6-9H,2-5,10-11H2,1H3. The second kappa shape index (κ2) is 8.89. The number of rotatable bonds is 9. The van der Waals surface area contributed by atoms with Gasteiger partial charge in [-0.3, -0.25) is 0 Å². The first-order valence-electron chi connectivity index (χ1n) is 6.74. The molecule has 0 spiro atoms. The number of hydrogen-bond donors (Lipinski definition) is 0. The normalized spacial score (nSPS) is 11.1. The van der Waals surface area contributed by atoms with Crippen molar-refractivity contribution in [2.75, 3.05) is 19.0 Å². The Balaban J connectivity index is 2.25. The lowest BCUT2D eigenvalue weighted by atomic mass is 10.2. The minimum absolute atomic E-state index is 0.0111. The zero-order valence-electron chi connectivity index (χ0n) is 11.9. The summed E-state index contributed by atoms with van der Waals surface area (Å²) in [4.78, 5) is 11.4. The van der Waals surface area contributed by atoms with Crippen molar-refractivity contribution in [2.45, 2.75) is 26.2 Å². The molecule has 0 saturated heterocycles. The highest BCUT2D eigenvalue weighted by molar-refractivity contribution is 8.13. The summed E-state index contributed by atoms with van der Waals surface area (Å²) in [6, 6.07) is 6.70. The second-order valence-corrected chi connectivity index (χ2v) is 7.29. The van der Waals surface area contributed by atoms with E-state index < -0.39 is 9.05 Å². The summed E-state index contributed by atoms with van der Waals surface area (Å²) in [6.07, 6.45) is 2.00. The average Bonchev–Trinajstić information content (AvgIpc) is 2.42. The molecule has 0 N–H and O–H groups in total. The van der Waals surface area contributed by atoms with Crippen molar-refractivity contribution in [1.82, 2.24) is 0 Å². The van der Waals surface area contributed by atoms with Gasteiger partial charge in [0.15, 0.2) is 0 Å². The molecule has 0 fully saturated rings. The molecule has 0 unspecified atom stereocenters. The van der Waals surface area contributed by atoms with Gasteiger partial charge in [0.25, 0.3) is 0 Å². The van der Waals surface area contributed by atoms with E-state index in [1.807, 2.05) is 0 Å². The zero-order chi connectivity index (χ0) is 15.7. The molecule has 0 aliphatic heterocycles. The summed E-state index contributed by atoms with van der Waals surface area (Å²) in [5.74, 6) is 0.294. The van der Waals surface area contributed by atoms with E-state index in [1.54, 1.807) is 31.2 Å². The number of unbranched alkanes of at least 4 members (excludes halogenated alkanes) is 2. The van der Waals surface area contributed by atoms with Crippen LogP contribution in [0.15, 0.2) is 24.3 Å². The van der Waals surface area contributed by atoms with Crippen LogP contribution in [0, 0.1) is 0 Å². The molecule has 5 nitrogen and oxygen atoms in total. The molecule has 0 aromatic heterocycles. The van der Waals surface area contributed by atoms with Crippen molar-refractivity contribution < 1.29 is 22.7 Å². The third-order valence-corrected chi connectivity index (χ3v) is 3.91. The van der Waals surface area contributed by atoms with E-state index in [2.05, 4.69) is 0 Å². The summed E-state index contributed by atoms with van der Waals surface area (Å²) in [6.45, 7) is 2.58. The predicted molar refractivity (Wildman–Crippen MR) is 81.4 cm³/mol. The number of esters is 1. The Morgan fingerprint density at radius 3 is 2.38 bits per heavy atom. The average molecular weight is 335 g/mol. The molecule has 0 heterocycles. The molecule has 1 aromatic rings. The van der Waals surface area contributed by atoms with Crippen molar-refractivity contribution in [2.24, 2.45) is 0 Å². The van der Waals surface area contributed by atoms with Crippen LogP contribution in [0.2, 0.25) is 0 Å². The molecule has 0 amide bonds. The summed E-state index contributed by atoms with van der Waals surface area (Å²) in [7, 11) is 1.71. The van der Waals surface area contributed by atoms with Gasteiger partial charge in [-0.05, 0) is 50.5 Å². The lowest BCUT2D eigenvalue weighted by Gasteiger charge is -2.07. The van der Waals surface area contributed by atoms with Gasteiger partial charge >= 0.3 is 5.97 Å². The van der Waals surface area contributed by atoms with Crippen molar-refractivity contribution in [3.63, 3.8) is 0 Å². The molecule has 0 radical (unpaired) electrons. The quantitative estimate of drug-likeness (QED) is 0.394. The fourth-order valence-electron chi connectivity index (χ4n) is 1.64. The largest absolute Gasteiger partial charge is 0.494 e. The van der Waals surface area contributed by atoms with Gasteiger partial charge in [0.05, 0.1) is 24.5 Å². The highest BCUT2D eigenvalue weighted by Gasteiger charge is 2.06. The molecule has 0 aliphatic carbocycles. The molecular weight excluding hydrogens is 316 g/mol. The van der Waals surface area contributed by atoms with Crippen LogP contribution in [0.1, 0.15) is 36.5 Å². The Morgan fingerprint density at radius 1 is 1.14 bits per heavy atom. The monoisotopic (exact) mass is 334 g/mol. The molecule has 0 saturated carbocycles. The molecule has 1 rings (SSSR count). The van der Waals surface area contributed by atoms with Gasteiger partial charge in [0.1, 0.15) is 5.75 Å². The smallest absolute Gasteiger partial charge is 0.338 e. The number of carbonyl (C=O) groups excluding carboxylic acids is 1. The van der Waals surface area contributed by atoms with Gasteiger partial charge in [-0.2, -0.15) is 0 Å². The minimum Gasteiger partial charge on any atom is -0.494 e. The first-order chi connectivity index (χ1) is 9.92. The third-order valence-electron chi connectivity index (χ3n) is 2.67. The van der Waals surface area contributed by atoms with Crippen LogP contribution in [0.5, 0.6) is 5.75 Å². The number of carbonyl (C=O) groups is 1. The van der Waals surface area contributed by atoms with Gasteiger partial charge in [-0.15, -0.1) is 0 Å². The van der Waals surface area contributed by atoms with Crippen LogP contribution in [0.3, 0.4) is 0 Å². The predicted octanol–water partition coefficient (Wildman–Crippen LogP) is 2.98. The SMILES string of the molecule is CCOC(=O)c1ccc(OCCCCCS(=O)(=O)Cl)cc1. The Labute approximate surface area is 129 Å². The van der Waals surface area contributed by atoms with Crippen LogP contribution in [-0.2, 0) is 13.8 Å². The number of benzene rings is 1. The van der Waals surface area contributed by atoms with E-state index in [9.17, 15) is 13.2 Å². The fourth-order valence-corrected chi connectivity index (χ4v) is 2.52. The van der Waals surface area contributed by atoms with Crippen LogP contribution < -0.4 is 4.74 Å². The van der Waals surface area contributed by atoms with Crippen LogP contribution in [-0.4, -0.2) is 33.4 Å². The molecule has 0 atom stereocenters. The number of halogens is 1. The van der Waals surface area contributed by atoms with Crippen LogP contribution in [0.25, 0.3) is 0 Å². The lowest BCUT2D eigenvalue weighted by molar-refractivity contribution is 0.0526. The van der Waals surface area contributed by atoms with E-state index in [1.165, 1.54) is 0 Å². The Hall–Kier alpha value is -1.27. The van der Waals surface area contributed by atoms with E-state index in [0.717, 1.165) is 12.8 Å². The first-order valence-corrected chi connectivity index (χ1v) is 9.22. The maximum Gasteiger partial charge on any atom is 0.338 e. The summed E-state index contributed by atoms with van der Waals surface area (Å²) in [5.41, 5.74) is 0.483. The third kappa shape index (κ3) is 7.92. The Bertz CT molecular complexity index is 539. The van der Waals surface area contributed by atoms with E-state index in [0.29, 0.717) is 30.9 Å². The van der Waals surface area contributed by atoms with Crippen molar-refractivity contribution in [1.29, 1.82) is 0 Å². The van der Waals surface area contributed by atoms with Crippen molar-refractivity contribution in [3.8, 4) is 5.75 Å². The topological polar surface area (TPSA) is 69.7 Å². The zero-order valence-corrected chi connectivity index (χ0v) is 13.5. The van der Waals surface area contributed by atoms with Gasteiger partial charge < -0.3 is 9.47 Å². The Kier molecular flexibility index (Phi) is 7.53. The summed E-state index contributed by atoms with van der Waals surface area (Å²) in [5, 5.41) is 0. The van der Waals surface area contributed by atoms with E-state index in [4.69, 9.17) is 20.2 Å². The van der Waals surface area contributed by atoms with E-state index >= 15 is 0 Å². The molecule has 118 valence electrons. The summed E-state index contributed by atoms with van der Waals surface area (Å²) >= 11 is 0. The summed E-state index contributed by atoms with van der Waals surface area (Å²) < 4.78 is 31.8. The van der Waals surface area contributed by atoms with E-state index in [-0.39, 0.29) is 11.7 Å². The fraction of sp³-hybridized carbons (Fsp3) is 0.500. The van der Waals surface area contributed by atoms with Crippen molar-refractivity contribution in [3.05, 3.63) is 29.8 Å². The van der Waals surface area contributed by atoms with Crippen LogP contribution in [0.4, 0.5) is 0 Å². The lowest BCUT2D eigenvalue weighted by Crippen LogP contribution is -2.04. The molecule has 0 bridgehead atoms. The highest BCUT2D eigenvalue weighted by atomic mass is 35.7. The van der Waals surface area contributed by atoms with Gasteiger partial charge in [-0.1, -0.05) is 0 Å². The molecule has 7 heteroatoms. The van der Waals surface area contributed by atoms with Gasteiger partial charge in [-0.25, -0.2) is 13.2 Å². The Morgan fingerprint density at radius 2 is 1.81 bits per heavy atom. The maximum atomic E-state index is 11.4. The van der Waals surface area contributed by atoms with Gasteiger partial charge in [0.2, 0.25) is 9.05 Å². The molecule has 1 aromatic carbocycles. The number of ether oxygens (including phenoxy) is 2. The number of hydrogen-bond acceptors (Lipinski definition) is 5. The second-order valence-electron chi connectivity index (χ2n) is 4.40. The maximum absolute atomic E-state index is 11.4.